The zero-order valence-electron chi connectivity index (χ0n) is 14.3. The molecule has 0 atom stereocenters. The van der Waals surface area contributed by atoms with Crippen molar-refractivity contribution in [2.24, 2.45) is 0 Å². The van der Waals surface area contributed by atoms with Crippen LogP contribution in [-0.2, 0) is 9.47 Å². The van der Waals surface area contributed by atoms with E-state index in [1.54, 1.807) is 0 Å². The molecule has 0 aliphatic carbocycles. The normalized spacial score (nSPS) is 17.3. The van der Waals surface area contributed by atoms with Crippen molar-refractivity contribution in [3.8, 4) is 0 Å². The molecule has 0 amide bonds. The fourth-order valence-corrected chi connectivity index (χ4v) is 2.38. The lowest BCUT2D eigenvalue weighted by Gasteiger charge is -2.06. The summed E-state index contributed by atoms with van der Waals surface area (Å²) in [4.78, 5) is 0. The Bertz CT molecular complexity index is 367. The molecular formula is C19H32O2. The van der Waals surface area contributed by atoms with Gasteiger partial charge in [-0.3, -0.25) is 0 Å². The summed E-state index contributed by atoms with van der Waals surface area (Å²) in [5, 5.41) is 0. The predicted molar refractivity (Wildman–Crippen MR) is 90.3 cm³/mol. The van der Waals surface area contributed by atoms with Crippen LogP contribution in [0.2, 0.25) is 0 Å². The third-order valence-electron chi connectivity index (χ3n) is 3.71. The van der Waals surface area contributed by atoms with Crippen LogP contribution in [-0.4, -0.2) is 19.5 Å². The zero-order valence-corrected chi connectivity index (χ0v) is 14.3. The molecule has 1 aliphatic heterocycles. The van der Waals surface area contributed by atoms with E-state index in [1.807, 2.05) is 0 Å². The van der Waals surface area contributed by atoms with E-state index in [-0.39, 0.29) is 6.29 Å². The van der Waals surface area contributed by atoms with Crippen LogP contribution < -0.4 is 0 Å². The quantitative estimate of drug-likeness (QED) is 0.518. The van der Waals surface area contributed by atoms with Gasteiger partial charge in [-0.25, -0.2) is 0 Å². The molecule has 2 heteroatoms. The molecule has 1 aliphatic rings. The first-order chi connectivity index (χ1) is 10.1. The highest BCUT2D eigenvalue weighted by atomic mass is 16.7. The Morgan fingerprint density at radius 2 is 1.33 bits per heavy atom. The summed E-state index contributed by atoms with van der Waals surface area (Å²) in [7, 11) is 0. The van der Waals surface area contributed by atoms with Crippen molar-refractivity contribution in [1.82, 2.24) is 0 Å². The van der Waals surface area contributed by atoms with Crippen molar-refractivity contribution in [3.05, 3.63) is 34.9 Å². The Hall–Kier alpha value is -0.860. The van der Waals surface area contributed by atoms with Crippen LogP contribution >= 0.6 is 0 Å². The van der Waals surface area contributed by atoms with Crippen LogP contribution in [0.15, 0.2) is 34.9 Å². The molecule has 0 N–H and O–H groups in total. The first kappa shape index (κ1) is 18.2. The lowest BCUT2D eigenvalue weighted by molar-refractivity contribution is -0.0457. The van der Waals surface area contributed by atoms with E-state index >= 15 is 0 Å². The molecule has 21 heavy (non-hydrogen) atoms. The Labute approximate surface area is 130 Å². The van der Waals surface area contributed by atoms with Crippen molar-refractivity contribution < 1.29 is 9.47 Å². The minimum absolute atomic E-state index is 0.0336. The largest absolute Gasteiger partial charge is 0.350 e. The minimum Gasteiger partial charge on any atom is -0.350 e. The first-order valence-corrected chi connectivity index (χ1v) is 8.25. The summed E-state index contributed by atoms with van der Waals surface area (Å²) in [6.07, 6.45) is 13.8. The molecular weight excluding hydrogens is 260 g/mol. The van der Waals surface area contributed by atoms with E-state index in [4.69, 9.17) is 9.47 Å². The molecule has 0 aromatic heterocycles. The van der Waals surface area contributed by atoms with Gasteiger partial charge in [0, 0.05) is 6.42 Å². The summed E-state index contributed by atoms with van der Waals surface area (Å²) >= 11 is 0. The van der Waals surface area contributed by atoms with Crippen molar-refractivity contribution in [2.45, 2.75) is 72.5 Å². The van der Waals surface area contributed by atoms with E-state index in [2.05, 4.69) is 45.9 Å². The Kier molecular flexibility index (Phi) is 9.36. The van der Waals surface area contributed by atoms with Crippen LogP contribution in [0.25, 0.3) is 0 Å². The maximum absolute atomic E-state index is 5.44. The SMILES string of the molecule is CC(C)=CCC/C(C)=C/CC/C(C)=C/CCC1OCCO1. The smallest absolute Gasteiger partial charge is 0.158 e. The van der Waals surface area contributed by atoms with Crippen LogP contribution in [0.3, 0.4) is 0 Å². The maximum atomic E-state index is 5.44. The molecule has 0 saturated carbocycles. The van der Waals surface area contributed by atoms with E-state index in [9.17, 15) is 0 Å². The molecule has 0 bridgehead atoms. The van der Waals surface area contributed by atoms with E-state index in [1.165, 1.54) is 29.6 Å². The number of allylic oxidation sites excluding steroid dienone is 6. The Balaban J connectivity index is 2.12. The van der Waals surface area contributed by atoms with E-state index < -0.39 is 0 Å². The fourth-order valence-electron chi connectivity index (χ4n) is 2.38. The van der Waals surface area contributed by atoms with Crippen LogP contribution in [0.4, 0.5) is 0 Å². The number of rotatable bonds is 9. The summed E-state index contributed by atoms with van der Waals surface area (Å²) in [6, 6.07) is 0. The summed E-state index contributed by atoms with van der Waals surface area (Å²) in [6.45, 7) is 10.3. The Morgan fingerprint density at radius 3 is 1.90 bits per heavy atom. The third-order valence-corrected chi connectivity index (χ3v) is 3.71. The fraction of sp³-hybridized carbons (Fsp3) is 0.684. The van der Waals surface area contributed by atoms with E-state index in [0.717, 1.165) is 38.9 Å². The average molecular weight is 292 g/mol. The molecule has 0 spiro atoms. The van der Waals surface area contributed by atoms with Crippen LogP contribution in [0, 0.1) is 0 Å². The van der Waals surface area contributed by atoms with Gasteiger partial charge in [-0.05, 0) is 59.8 Å². The highest BCUT2D eigenvalue weighted by Gasteiger charge is 2.14. The van der Waals surface area contributed by atoms with Gasteiger partial charge < -0.3 is 9.47 Å². The van der Waals surface area contributed by atoms with Gasteiger partial charge in [-0.2, -0.15) is 0 Å². The predicted octanol–water partition coefficient (Wildman–Crippen LogP) is 5.56. The van der Waals surface area contributed by atoms with Crippen LogP contribution in [0.1, 0.15) is 66.2 Å². The van der Waals surface area contributed by atoms with Gasteiger partial charge in [0.1, 0.15) is 0 Å². The summed E-state index contributed by atoms with van der Waals surface area (Å²) < 4.78 is 10.9. The van der Waals surface area contributed by atoms with Gasteiger partial charge in [0.25, 0.3) is 0 Å². The van der Waals surface area contributed by atoms with Gasteiger partial charge in [0.2, 0.25) is 0 Å². The van der Waals surface area contributed by atoms with E-state index in [0.29, 0.717) is 0 Å². The molecule has 0 unspecified atom stereocenters. The van der Waals surface area contributed by atoms with Gasteiger partial charge in [-0.15, -0.1) is 0 Å². The van der Waals surface area contributed by atoms with Crippen molar-refractivity contribution in [1.29, 1.82) is 0 Å². The topological polar surface area (TPSA) is 18.5 Å². The third kappa shape index (κ3) is 9.65. The van der Waals surface area contributed by atoms with Gasteiger partial charge >= 0.3 is 0 Å². The zero-order chi connectivity index (χ0) is 15.5. The molecule has 1 heterocycles. The van der Waals surface area contributed by atoms with Crippen molar-refractivity contribution >= 4 is 0 Å². The molecule has 1 fully saturated rings. The average Bonchev–Trinajstić information content (AvgIpc) is 2.91. The maximum Gasteiger partial charge on any atom is 0.158 e. The lowest BCUT2D eigenvalue weighted by Crippen LogP contribution is -2.06. The molecule has 0 radical (unpaired) electrons. The van der Waals surface area contributed by atoms with Crippen LogP contribution in [0.5, 0.6) is 0 Å². The second kappa shape index (κ2) is 10.8. The monoisotopic (exact) mass is 292 g/mol. The van der Waals surface area contributed by atoms with Crippen molar-refractivity contribution in [2.75, 3.05) is 13.2 Å². The second-order valence-electron chi connectivity index (χ2n) is 6.21. The molecule has 0 aromatic carbocycles. The number of ether oxygens (including phenoxy) is 2. The van der Waals surface area contributed by atoms with Gasteiger partial charge in [-0.1, -0.05) is 34.9 Å². The Morgan fingerprint density at radius 1 is 0.810 bits per heavy atom. The molecule has 2 nitrogen and oxygen atoms in total. The highest BCUT2D eigenvalue weighted by molar-refractivity contribution is 5.05. The minimum atomic E-state index is 0.0336. The van der Waals surface area contributed by atoms with Gasteiger partial charge in [0.15, 0.2) is 6.29 Å². The lowest BCUT2D eigenvalue weighted by atomic mass is 10.1. The standard InChI is InChI=1S/C19H32O2/c1-16(2)8-5-9-17(3)10-6-11-18(4)12-7-13-19-20-14-15-21-19/h8,10,12,19H,5-7,9,11,13-15H2,1-4H3/b17-10+,18-12+. The first-order valence-electron chi connectivity index (χ1n) is 8.25. The molecule has 1 rings (SSSR count). The molecule has 1 saturated heterocycles. The molecule has 120 valence electrons. The second-order valence-corrected chi connectivity index (χ2v) is 6.21. The van der Waals surface area contributed by atoms with Gasteiger partial charge in [0.05, 0.1) is 13.2 Å². The summed E-state index contributed by atoms with van der Waals surface area (Å²) in [5.74, 6) is 0. The highest BCUT2D eigenvalue weighted by Crippen LogP contribution is 2.14. The number of hydrogen-bond donors (Lipinski definition) is 0. The number of hydrogen-bond acceptors (Lipinski definition) is 2. The van der Waals surface area contributed by atoms with Crippen molar-refractivity contribution in [3.63, 3.8) is 0 Å². The summed E-state index contributed by atoms with van der Waals surface area (Å²) in [5.41, 5.74) is 4.39. The molecule has 0 aromatic rings.